The summed E-state index contributed by atoms with van der Waals surface area (Å²) in [5.74, 6) is 0.349. The molecule has 0 fully saturated rings. The third-order valence-corrected chi connectivity index (χ3v) is 1.33. The van der Waals surface area contributed by atoms with E-state index in [0.717, 1.165) is 12.0 Å². The van der Waals surface area contributed by atoms with Gasteiger partial charge in [0.05, 0.1) is 6.10 Å². The Labute approximate surface area is 57.4 Å². The Kier molecular flexibility index (Phi) is 3.55. The molecule has 0 aromatic rings. The number of hydrogen-bond donors (Lipinski definition) is 1. The molecule has 0 aliphatic carbocycles. The van der Waals surface area contributed by atoms with Gasteiger partial charge in [-0.3, -0.25) is 0 Å². The SMILES string of the molecule is C=C(C)CC(O)C(C)C. The second-order valence-corrected chi connectivity index (χ2v) is 2.97. The van der Waals surface area contributed by atoms with Crippen LogP contribution < -0.4 is 0 Å². The molecular weight excluding hydrogens is 112 g/mol. The minimum Gasteiger partial charge on any atom is -0.393 e. The van der Waals surface area contributed by atoms with Crippen molar-refractivity contribution < 1.29 is 5.11 Å². The Balaban J connectivity index is 3.50. The van der Waals surface area contributed by atoms with E-state index in [9.17, 15) is 5.11 Å². The van der Waals surface area contributed by atoms with Crippen molar-refractivity contribution in [2.45, 2.75) is 33.3 Å². The first-order valence-corrected chi connectivity index (χ1v) is 3.36. The average molecular weight is 128 g/mol. The van der Waals surface area contributed by atoms with Crippen LogP contribution in [0.15, 0.2) is 12.2 Å². The van der Waals surface area contributed by atoms with Crippen LogP contribution in [0.25, 0.3) is 0 Å². The number of rotatable bonds is 3. The number of hydrogen-bond acceptors (Lipinski definition) is 1. The lowest BCUT2D eigenvalue weighted by atomic mass is 10.0. The van der Waals surface area contributed by atoms with Crippen molar-refractivity contribution in [3.63, 3.8) is 0 Å². The summed E-state index contributed by atoms with van der Waals surface area (Å²) in [6, 6.07) is 0. The molecule has 0 spiro atoms. The maximum absolute atomic E-state index is 9.24. The van der Waals surface area contributed by atoms with Gasteiger partial charge in [0.2, 0.25) is 0 Å². The summed E-state index contributed by atoms with van der Waals surface area (Å²) in [4.78, 5) is 0. The second-order valence-electron chi connectivity index (χ2n) is 2.97. The van der Waals surface area contributed by atoms with Gasteiger partial charge in [-0.25, -0.2) is 0 Å². The van der Waals surface area contributed by atoms with Crippen molar-refractivity contribution in [1.29, 1.82) is 0 Å². The maximum Gasteiger partial charge on any atom is 0.0599 e. The third-order valence-electron chi connectivity index (χ3n) is 1.33. The van der Waals surface area contributed by atoms with Gasteiger partial charge in [-0.05, 0) is 19.3 Å². The Bertz CT molecular complexity index is 94.7. The highest BCUT2D eigenvalue weighted by molar-refractivity contribution is 4.90. The molecule has 1 unspecified atom stereocenters. The van der Waals surface area contributed by atoms with Crippen molar-refractivity contribution in [2.24, 2.45) is 5.92 Å². The van der Waals surface area contributed by atoms with Crippen molar-refractivity contribution in [3.05, 3.63) is 12.2 Å². The molecule has 1 heteroatoms. The fourth-order valence-electron chi connectivity index (χ4n) is 0.593. The molecule has 0 heterocycles. The first-order valence-electron chi connectivity index (χ1n) is 3.36. The van der Waals surface area contributed by atoms with E-state index in [1.54, 1.807) is 0 Å². The second kappa shape index (κ2) is 3.67. The van der Waals surface area contributed by atoms with Gasteiger partial charge in [-0.2, -0.15) is 0 Å². The van der Waals surface area contributed by atoms with Gasteiger partial charge in [-0.15, -0.1) is 6.58 Å². The first-order chi connectivity index (χ1) is 4.04. The fourth-order valence-corrected chi connectivity index (χ4v) is 0.593. The molecule has 0 saturated carbocycles. The molecule has 1 atom stereocenters. The molecule has 0 aliphatic heterocycles. The van der Waals surface area contributed by atoms with Crippen LogP contribution in [-0.2, 0) is 0 Å². The van der Waals surface area contributed by atoms with Gasteiger partial charge in [-0.1, -0.05) is 19.4 Å². The van der Waals surface area contributed by atoms with E-state index in [1.807, 2.05) is 20.8 Å². The molecule has 0 aromatic carbocycles. The van der Waals surface area contributed by atoms with Crippen molar-refractivity contribution in [1.82, 2.24) is 0 Å². The predicted octanol–water partition coefficient (Wildman–Crippen LogP) is 1.97. The van der Waals surface area contributed by atoms with Crippen LogP contribution in [0, 0.1) is 5.92 Å². The van der Waals surface area contributed by atoms with Crippen LogP contribution in [0.1, 0.15) is 27.2 Å². The highest BCUT2D eigenvalue weighted by atomic mass is 16.3. The van der Waals surface area contributed by atoms with Gasteiger partial charge in [0.1, 0.15) is 0 Å². The zero-order chi connectivity index (χ0) is 7.44. The van der Waals surface area contributed by atoms with Crippen molar-refractivity contribution >= 4 is 0 Å². The molecular formula is C8H16O. The van der Waals surface area contributed by atoms with E-state index in [-0.39, 0.29) is 6.10 Å². The molecule has 54 valence electrons. The minimum absolute atomic E-state index is 0.206. The summed E-state index contributed by atoms with van der Waals surface area (Å²) < 4.78 is 0. The van der Waals surface area contributed by atoms with Crippen LogP contribution in [0.4, 0.5) is 0 Å². The van der Waals surface area contributed by atoms with Gasteiger partial charge < -0.3 is 5.11 Å². The van der Waals surface area contributed by atoms with E-state index in [0.29, 0.717) is 5.92 Å². The maximum atomic E-state index is 9.24. The Hall–Kier alpha value is -0.300. The highest BCUT2D eigenvalue weighted by Crippen LogP contribution is 2.09. The van der Waals surface area contributed by atoms with Crippen LogP contribution in [0.3, 0.4) is 0 Å². The van der Waals surface area contributed by atoms with E-state index in [2.05, 4.69) is 6.58 Å². The predicted molar refractivity (Wildman–Crippen MR) is 40.3 cm³/mol. The normalized spacial score (nSPS) is 13.9. The number of aliphatic hydroxyl groups is 1. The van der Waals surface area contributed by atoms with Gasteiger partial charge in [0.25, 0.3) is 0 Å². The van der Waals surface area contributed by atoms with E-state index >= 15 is 0 Å². The van der Waals surface area contributed by atoms with Crippen LogP contribution in [0.2, 0.25) is 0 Å². The number of aliphatic hydroxyl groups excluding tert-OH is 1. The molecule has 0 rings (SSSR count). The molecule has 0 bridgehead atoms. The van der Waals surface area contributed by atoms with Gasteiger partial charge >= 0.3 is 0 Å². The quantitative estimate of drug-likeness (QED) is 0.576. The lowest BCUT2D eigenvalue weighted by molar-refractivity contribution is 0.126. The summed E-state index contributed by atoms with van der Waals surface area (Å²) in [6.45, 7) is 9.67. The summed E-state index contributed by atoms with van der Waals surface area (Å²) in [5.41, 5.74) is 1.05. The third kappa shape index (κ3) is 4.22. The molecule has 0 aliphatic rings. The summed E-state index contributed by atoms with van der Waals surface area (Å²) in [7, 11) is 0. The smallest absolute Gasteiger partial charge is 0.0599 e. The summed E-state index contributed by atoms with van der Waals surface area (Å²) in [5, 5.41) is 9.24. The van der Waals surface area contributed by atoms with E-state index < -0.39 is 0 Å². The summed E-state index contributed by atoms with van der Waals surface area (Å²) >= 11 is 0. The molecule has 0 amide bonds. The van der Waals surface area contributed by atoms with E-state index in [4.69, 9.17) is 0 Å². The van der Waals surface area contributed by atoms with Gasteiger partial charge in [0, 0.05) is 0 Å². The molecule has 0 radical (unpaired) electrons. The molecule has 1 N–H and O–H groups in total. The molecule has 1 nitrogen and oxygen atoms in total. The summed E-state index contributed by atoms with van der Waals surface area (Å²) in [6.07, 6.45) is 0.528. The highest BCUT2D eigenvalue weighted by Gasteiger charge is 2.07. The Morgan fingerprint density at radius 1 is 1.56 bits per heavy atom. The topological polar surface area (TPSA) is 20.2 Å². The fraction of sp³-hybridized carbons (Fsp3) is 0.750. The largest absolute Gasteiger partial charge is 0.393 e. The lowest BCUT2D eigenvalue weighted by Gasteiger charge is -2.13. The molecule has 9 heavy (non-hydrogen) atoms. The Morgan fingerprint density at radius 3 is 2.11 bits per heavy atom. The average Bonchev–Trinajstić information content (AvgIpc) is 1.63. The first kappa shape index (κ1) is 8.70. The Morgan fingerprint density at radius 2 is 2.00 bits per heavy atom. The van der Waals surface area contributed by atoms with Crippen molar-refractivity contribution in [2.75, 3.05) is 0 Å². The lowest BCUT2D eigenvalue weighted by Crippen LogP contribution is -2.14. The van der Waals surface area contributed by atoms with Gasteiger partial charge in [0.15, 0.2) is 0 Å². The van der Waals surface area contributed by atoms with E-state index in [1.165, 1.54) is 0 Å². The van der Waals surface area contributed by atoms with Crippen LogP contribution >= 0.6 is 0 Å². The minimum atomic E-state index is -0.206. The zero-order valence-corrected chi connectivity index (χ0v) is 6.52. The monoisotopic (exact) mass is 128 g/mol. The van der Waals surface area contributed by atoms with Crippen LogP contribution in [0.5, 0.6) is 0 Å². The van der Waals surface area contributed by atoms with Crippen LogP contribution in [-0.4, -0.2) is 11.2 Å². The zero-order valence-electron chi connectivity index (χ0n) is 6.52. The standard InChI is InChI=1S/C8H16O/c1-6(2)5-8(9)7(3)4/h7-9H,1,5H2,2-4H3. The van der Waals surface area contributed by atoms with Crippen molar-refractivity contribution in [3.8, 4) is 0 Å². The molecule has 0 saturated heterocycles. The molecule has 0 aromatic heterocycles.